The fourth-order valence-corrected chi connectivity index (χ4v) is 2.24. The zero-order valence-electron chi connectivity index (χ0n) is 8.92. The Morgan fingerprint density at radius 3 is 2.86 bits per heavy atom. The molecule has 0 aliphatic carbocycles. The molecule has 14 heavy (non-hydrogen) atoms. The number of hydrogen-bond donors (Lipinski definition) is 2. The molecule has 4 nitrogen and oxygen atoms in total. The minimum absolute atomic E-state index is 0.0784. The van der Waals surface area contributed by atoms with Gasteiger partial charge in [-0.3, -0.25) is 14.6 Å². The van der Waals surface area contributed by atoms with Crippen molar-refractivity contribution in [1.82, 2.24) is 15.1 Å². The summed E-state index contributed by atoms with van der Waals surface area (Å²) < 4.78 is 1.86. The molecule has 0 radical (unpaired) electrons. The monoisotopic (exact) mass is 195 g/mol. The molecule has 2 heterocycles. The first kappa shape index (κ1) is 9.52. The Morgan fingerprint density at radius 1 is 1.50 bits per heavy atom. The fourth-order valence-electron chi connectivity index (χ4n) is 2.24. The zero-order chi connectivity index (χ0) is 10.3. The SMILES string of the molecule is CC(C)C1NCCc2c1n(C)[nH]c2=O. The van der Waals surface area contributed by atoms with Crippen molar-refractivity contribution >= 4 is 0 Å². The van der Waals surface area contributed by atoms with Crippen LogP contribution in [0.1, 0.15) is 31.1 Å². The summed E-state index contributed by atoms with van der Waals surface area (Å²) in [6.45, 7) is 5.25. The molecule has 1 unspecified atom stereocenters. The van der Waals surface area contributed by atoms with E-state index in [1.807, 2.05) is 11.7 Å². The number of aromatic nitrogens is 2. The van der Waals surface area contributed by atoms with Gasteiger partial charge in [-0.2, -0.15) is 0 Å². The first-order valence-corrected chi connectivity index (χ1v) is 5.12. The highest BCUT2D eigenvalue weighted by Gasteiger charge is 2.27. The number of nitrogens with zero attached hydrogens (tertiary/aromatic N) is 1. The summed E-state index contributed by atoms with van der Waals surface area (Å²) in [4.78, 5) is 11.5. The molecule has 1 aliphatic heterocycles. The van der Waals surface area contributed by atoms with Gasteiger partial charge in [0.2, 0.25) is 0 Å². The largest absolute Gasteiger partial charge is 0.308 e. The van der Waals surface area contributed by atoms with Gasteiger partial charge in [0.15, 0.2) is 0 Å². The van der Waals surface area contributed by atoms with Crippen LogP contribution in [0.5, 0.6) is 0 Å². The smallest absolute Gasteiger partial charge is 0.267 e. The van der Waals surface area contributed by atoms with Gasteiger partial charge in [-0.15, -0.1) is 0 Å². The number of nitrogens with one attached hydrogen (secondary N) is 2. The maximum atomic E-state index is 11.5. The van der Waals surface area contributed by atoms with Crippen molar-refractivity contribution in [3.05, 3.63) is 21.6 Å². The van der Waals surface area contributed by atoms with Gasteiger partial charge >= 0.3 is 0 Å². The Hall–Kier alpha value is -1.03. The van der Waals surface area contributed by atoms with E-state index in [-0.39, 0.29) is 5.56 Å². The van der Waals surface area contributed by atoms with Gasteiger partial charge in [-0.25, -0.2) is 0 Å². The molecule has 0 spiro atoms. The molecule has 1 aromatic heterocycles. The third kappa shape index (κ3) is 1.30. The van der Waals surface area contributed by atoms with E-state index in [0.29, 0.717) is 12.0 Å². The van der Waals surface area contributed by atoms with Crippen molar-refractivity contribution in [2.45, 2.75) is 26.3 Å². The molecule has 1 aliphatic rings. The first-order valence-electron chi connectivity index (χ1n) is 5.12. The van der Waals surface area contributed by atoms with Gasteiger partial charge in [0, 0.05) is 19.2 Å². The summed E-state index contributed by atoms with van der Waals surface area (Å²) in [5.74, 6) is 0.510. The maximum absolute atomic E-state index is 11.5. The molecule has 0 aromatic carbocycles. The third-order valence-electron chi connectivity index (χ3n) is 2.91. The molecule has 2 N–H and O–H groups in total. The second-order valence-electron chi connectivity index (χ2n) is 4.29. The number of H-pyrrole nitrogens is 1. The van der Waals surface area contributed by atoms with E-state index in [1.54, 1.807) is 0 Å². The Balaban J connectivity index is 2.53. The number of aromatic amines is 1. The average molecular weight is 195 g/mol. The van der Waals surface area contributed by atoms with Crippen LogP contribution in [-0.2, 0) is 13.5 Å². The lowest BCUT2D eigenvalue weighted by Gasteiger charge is -2.27. The summed E-state index contributed by atoms with van der Waals surface area (Å²) in [6, 6.07) is 0.308. The lowest BCUT2D eigenvalue weighted by molar-refractivity contribution is 0.374. The standard InChI is InChI=1S/C10H17N3O/c1-6(2)8-9-7(4-5-11-8)10(14)12-13(9)3/h6,8,11H,4-5H2,1-3H3,(H,12,14). The van der Waals surface area contributed by atoms with Gasteiger partial charge in [-0.05, 0) is 12.3 Å². The average Bonchev–Trinajstić information content (AvgIpc) is 2.43. The Morgan fingerprint density at radius 2 is 2.21 bits per heavy atom. The van der Waals surface area contributed by atoms with Crippen molar-refractivity contribution in [3.63, 3.8) is 0 Å². The molecule has 0 amide bonds. The molecular weight excluding hydrogens is 178 g/mol. The normalized spacial score (nSPS) is 21.3. The van der Waals surface area contributed by atoms with Crippen LogP contribution in [0.4, 0.5) is 0 Å². The summed E-state index contributed by atoms with van der Waals surface area (Å²) in [6.07, 6.45) is 0.842. The fraction of sp³-hybridized carbons (Fsp3) is 0.700. The topological polar surface area (TPSA) is 49.8 Å². The highest BCUT2D eigenvalue weighted by molar-refractivity contribution is 5.25. The highest BCUT2D eigenvalue weighted by Crippen LogP contribution is 2.25. The lowest BCUT2D eigenvalue weighted by atomic mass is 9.93. The van der Waals surface area contributed by atoms with Crippen LogP contribution < -0.4 is 10.9 Å². The van der Waals surface area contributed by atoms with Crippen LogP contribution in [0.2, 0.25) is 0 Å². The van der Waals surface area contributed by atoms with Gasteiger partial charge in [0.1, 0.15) is 0 Å². The Kier molecular flexibility index (Phi) is 2.23. The van der Waals surface area contributed by atoms with Crippen LogP contribution in [0.15, 0.2) is 4.79 Å². The zero-order valence-corrected chi connectivity index (χ0v) is 8.92. The molecule has 0 saturated carbocycles. The van der Waals surface area contributed by atoms with E-state index < -0.39 is 0 Å². The summed E-state index contributed by atoms with van der Waals surface area (Å²) in [7, 11) is 1.91. The predicted molar refractivity (Wildman–Crippen MR) is 55.3 cm³/mol. The number of rotatable bonds is 1. The number of fused-ring (bicyclic) bond motifs is 1. The van der Waals surface area contributed by atoms with Crippen LogP contribution in [0.3, 0.4) is 0 Å². The Labute approximate surface area is 83.3 Å². The number of aryl methyl sites for hydroxylation is 1. The van der Waals surface area contributed by atoms with Crippen molar-refractivity contribution in [1.29, 1.82) is 0 Å². The summed E-state index contributed by atoms with van der Waals surface area (Å²) >= 11 is 0. The van der Waals surface area contributed by atoms with E-state index in [0.717, 1.165) is 24.2 Å². The predicted octanol–water partition coefficient (Wildman–Crippen LogP) is 0.556. The second-order valence-corrected chi connectivity index (χ2v) is 4.29. The molecule has 2 rings (SSSR count). The molecule has 4 heteroatoms. The summed E-state index contributed by atoms with van der Waals surface area (Å²) in [5, 5.41) is 6.27. The molecule has 1 atom stereocenters. The summed E-state index contributed by atoms with van der Waals surface area (Å²) in [5.41, 5.74) is 2.18. The van der Waals surface area contributed by atoms with E-state index in [4.69, 9.17) is 0 Å². The van der Waals surface area contributed by atoms with Crippen molar-refractivity contribution in [3.8, 4) is 0 Å². The molecule has 0 saturated heterocycles. The van der Waals surface area contributed by atoms with E-state index >= 15 is 0 Å². The molecule has 1 aromatic rings. The molecule has 0 bridgehead atoms. The van der Waals surface area contributed by atoms with Crippen molar-refractivity contribution < 1.29 is 0 Å². The van der Waals surface area contributed by atoms with Crippen molar-refractivity contribution in [2.24, 2.45) is 13.0 Å². The van der Waals surface area contributed by atoms with Gasteiger partial charge in [0.05, 0.1) is 11.7 Å². The van der Waals surface area contributed by atoms with E-state index in [9.17, 15) is 4.79 Å². The van der Waals surface area contributed by atoms with Crippen LogP contribution in [-0.4, -0.2) is 16.3 Å². The minimum Gasteiger partial charge on any atom is -0.308 e. The van der Waals surface area contributed by atoms with Crippen molar-refractivity contribution in [2.75, 3.05) is 6.54 Å². The second kappa shape index (κ2) is 3.28. The third-order valence-corrected chi connectivity index (χ3v) is 2.91. The minimum atomic E-state index is 0.0784. The quantitative estimate of drug-likeness (QED) is 0.687. The lowest BCUT2D eigenvalue weighted by Crippen LogP contribution is -2.35. The van der Waals surface area contributed by atoms with Crippen LogP contribution in [0.25, 0.3) is 0 Å². The van der Waals surface area contributed by atoms with Gasteiger partial charge in [-0.1, -0.05) is 13.8 Å². The molecule has 0 fully saturated rings. The van der Waals surface area contributed by atoms with Crippen LogP contribution in [0, 0.1) is 5.92 Å². The Bertz CT molecular complexity index is 389. The highest BCUT2D eigenvalue weighted by atomic mass is 16.1. The maximum Gasteiger partial charge on any atom is 0.267 e. The van der Waals surface area contributed by atoms with Gasteiger partial charge < -0.3 is 5.32 Å². The van der Waals surface area contributed by atoms with Gasteiger partial charge in [0.25, 0.3) is 5.56 Å². The number of hydrogen-bond acceptors (Lipinski definition) is 2. The molecular formula is C10H17N3O. The van der Waals surface area contributed by atoms with E-state index in [2.05, 4.69) is 24.3 Å². The van der Waals surface area contributed by atoms with Crippen LogP contribution >= 0.6 is 0 Å². The molecule has 78 valence electrons. The first-order chi connectivity index (χ1) is 6.61. The van der Waals surface area contributed by atoms with E-state index in [1.165, 1.54) is 0 Å².